The van der Waals surface area contributed by atoms with Gasteiger partial charge < -0.3 is 15.4 Å². The number of anilines is 2. The van der Waals surface area contributed by atoms with Crippen LogP contribution in [0.5, 0.6) is 5.75 Å². The van der Waals surface area contributed by atoms with E-state index in [0.29, 0.717) is 11.4 Å². The second kappa shape index (κ2) is 5.40. The first-order valence-corrected chi connectivity index (χ1v) is 6.56. The lowest BCUT2D eigenvalue weighted by atomic mass is 10.1. The maximum Gasteiger partial charge on any atom is 0.262 e. The van der Waals surface area contributed by atoms with E-state index in [4.69, 9.17) is 4.74 Å². The van der Waals surface area contributed by atoms with E-state index >= 15 is 0 Å². The summed E-state index contributed by atoms with van der Waals surface area (Å²) in [6.45, 7) is 2.01. The summed E-state index contributed by atoms with van der Waals surface area (Å²) >= 11 is 0. The summed E-state index contributed by atoms with van der Waals surface area (Å²) in [6.07, 6.45) is 1.44. The van der Waals surface area contributed by atoms with Crippen molar-refractivity contribution in [3.8, 4) is 5.75 Å². The van der Waals surface area contributed by atoms with Crippen LogP contribution in [-0.4, -0.2) is 17.5 Å². The monoisotopic (exact) mass is 287 g/mol. The molecule has 1 aliphatic heterocycles. The van der Waals surface area contributed by atoms with Crippen molar-refractivity contribution in [3.05, 3.63) is 48.0 Å². The number of nitrogens with zero attached hydrogens (tertiary/aromatic N) is 1. The van der Waals surface area contributed by atoms with E-state index in [9.17, 15) is 9.18 Å². The van der Waals surface area contributed by atoms with Crippen LogP contribution in [0, 0.1) is 5.95 Å². The minimum absolute atomic E-state index is 0.0265. The number of benzene rings is 1. The fourth-order valence-corrected chi connectivity index (χ4v) is 2.16. The number of aromatic nitrogens is 1. The van der Waals surface area contributed by atoms with Crippen LogP contribution in [0.3, 0.4) is 0 Å². The summed E-state index contributed by atoms with van der Waals surface area (Å²) in [7, 11) is 0. The van der Waals surface area contributed by atoms with E-state index in [1.165, 1.54) is 12.3 Å². The van der Waals surface area contributed by atoms with Crippen molar-refractivity contribution >= 4 is 17.3 Å². The average molecular weight is 287 g/mol. The summed E-state index contributed by atoms with van der Waals surface area (Å²) in [5, 5.41) is 5.99. The van der Waals surface area contributed by atoms with Crippen molar-refractivity contribution in [1.29, 1.82) is 0 Å². The molecule has 3 rings (SSSR count). The number of amides is 1. The highest BCUT2D eigenvalue weighted by Gasteiger charge is 2.17. The molecule has 0 spiro atoms. The van der Waals surface area contributed by atoms with Gasteiger partial charge in [0.05, 0.1) is 17.6 Å². The van der Waals surface area contributed by atoms with E-state index in [0.717, 1.165) is 11.3 Å². The van der Waals surface area contributed by atoms with E-state index < -0.39 is 5.95 Å². The minimum Gasteiger partial charge on any atom is -0.482 e. The highest BCUT2D eigenvalue weighted by Crippen LogP contribution is 2.31. The molecule has 1 aromatic heterocycles. The first kappa shape index (κ1) is 13.4. The third-order valence-electron chi connectivity index (χ3n) is 3.25. The molecule has 0 fully saturated rings. The Labute approximate surface area is 121 Å². The third kappa shape index (κ3) is 2.94. The fraction of sp³-hybridized carbons (Fsp3) is 0.200. The third-order valence-corrected chi connectivity index (χ3v) is 3.25. The Morgan fingerprint density at radius 3 is 3.00 bits per heavy atom. The van der Waals surface area contributed by atoms with Gasteiger partial charge >= 0.3 is 0 Å². The molecule has 0 radical (unpaired) electrons. The summed E-state index contributed by atoms with van der Waals surface area (Å²) < 4.78 is 18.1. The quantitative estimate of drug-likeness (QED) is 0.852. The molecule has 108 valence electrons. The average Bonchev–Trinajstić information content (AvgIpc) is 2.48. The Balaban J connectivity index is 1.78. The van der Waals surface area contributed by atoms with Gasteiger partial charge in [-0.1, -0.05) is 6.07 Å². The minimum atomic E-state index is -0.512. The van der Waals surface area contributed by atoms with Crippen molar-refractivity contribution < 1.29 is 13.9 Å². The largest absolute Gasteiger partial charge is 0.482 e. The second-order valence-corrected chi connectivity index (χ2v) is 4.83. The number of hydrogen-bond donors (Lipinski definition) is 2. The summed E-state index contributed by atoms with van der Waals surface area (Å²) in [5.41, 5.74) is 2.36. The lowest BCUT2D eigenvalue weighted by Gasteiger charge is -2.21. The van der Waals surface area contributed by atoms with Gasteiger partial charge in [0.25, 0.3) is 5.91 Å². The van der Waals surface area contributed by atoms with E-state index in [-0.39, 0.29) is 18.6 Å². The van der Waals surface area contributed by atoms with Crippen LogP contribution >= 0.6 is 0 Å². The van der Waals surface area contributed by atoms with Crippen molar-refractivity contribution in [2.75, 3.05) is 17.2 Å². The Kier molecular flexibility index (Phi) is 3.43. The second-order valence-electron chi connectivity index (χ2n) is 4.83. The van der Waals surface area contributed by atoms with Crippen LogP contribution in [0.2, 0.25) is 0 Å². The molecule has 0 bridgehead atoms. The first-order valence-electron chi connectivity index (χ1n) is 6.56. The van der Waals surface area contributed by atoms with Crippen LogP contribution in [0.1, 0.15) is 18.5 Å². The Bertz CT molecular complexity index is 673. The number of carbonyl (C=O) groups is 1. The van der Waals surface area contributed by atoms with Gasteiger partial charge in [-0.2, -0.15) is 4.39 Å². The molecule has 0 aliphatic carbocycles. The molecule has 2 heterocycles. The number of pyridine rings is 1. The maximum atomic E-state index is 12.8. The Morgan fingerprint density at radius 2 is 2.24 bits per heavy atom. The fourth-order valence-electron chi connectivity index (χ4n) is 2.16. The lowest BCUT2D eigenvalue weighted by Crippen LogP contribution is -2.25. The zero-order chi connectivity index (χ0) is 14.8. The van der Waals surface area contributed by atoms with Crippen molar-refractivity contribution in [3.63, 3.8) is 0 Å². The van der Waals surface area contributed by atoms with Gasteiger partial charge in [0.15, 0.2) is 6.61 Å². The normalized spacial score (nSPS) is 14.7. The molecule has 1 aromatic carbocycles. The van der Waals surface area contributed by atoms with Gasteiger partial charge in [0.1, 0.15) is 5.75 Å². The molecule has 2 aromatic rings. The molecular formula is C15H14FN3O2. The molecule has 2 N–H and O–H groups in total. The molecule has 0 saturated heterocycles. The molecule has 21 heavy (non-hydrogen) atoms. The van der Waals surface area contributed by atoms with E-state index in [1.807, 2.05) is 25.1 Å². The molecule has 1 amide bonds. The molecule has 1 atom stereocenters. The summed E-state index contributed by atoms with van der Waals surface area (Å²) in [4.78, 5) is 14.9. The maximum absolute atomic E-state index is 12.8. The van der Waals surface area contributed by atoms with Gasteiger partial charge in [-0.25, -0.2) is 4.98 Å². The van der Waals surface area contributed by atoms with Gasteiger partial charge in [0.2, 0.25) is 5.95 Å². The number of carbonyl (C=O) groups excluding carboxylic acids is 1. The first-order chi connectivity index (χ1) is 10.1. The van der Waals surface area contributed by atoms with Crippen LogP contribution in [0.25, 0.3) is 0 Å². The number of ether oxygens (including phenoxy) is 1. The van der Waals surface area contributed by atoms with Gasteiger partial charge in [-0.05, 0) is 36.8 Å². The Morgan fingerprint density at radius 1 is 1.38 bits per heavy atom. The smallest absolute Gasteiger partial charge is 0.262 e. The van der Waals surface area contributed by atoms with Gasteiger partial charge in [0, 0.05) is 6.04 Å². The zero-order valence-electron chi connectivity index (χ0n) is 11.4. The lowest BCUT2D eigenvalue weighted by molar-refractivity contribution is -0.118. The van der Waals surface area contributed by atoms with Crippen LogP contribution in [0.15, 0.2) is 36.5 Å². The predicted octanol–water partition coefficient (Wildman–Crippen LogP) is 2.72. The highest BCUT2D eigenvalue weighted by molar-refractivity contribution is 5.95. The van der Waals surface area contributed by atoms with Crippen LogP contribution in [0.4, 0.5) is 15.8 Å². The summed E-state index contributed by atoms with van der Waals surface area (Å²) in [5.74, 6) is -0.0150. The van der Waals surface area contributed by atoms with E-state index in [1.54, 1.807) is 6.07 Å². The van der Waals surface area contributed by atoms with Crippen molar-refractivity contribution in [1.82, 2.24) is 4.98 Å². The van der Waals surface area contributed by atoms with Crippen LogP contribution in [-0.2, 0) is 4.79 Å². The topological polar surface area (TPSA) is 63.2 Å². The van der Waals surface area contributed by atoms with Crippen LogP contribution < -0.4 is 15.4 Å². The Hall–Kier alpha value is -2.63. The molecule has 1 aliphatic rings. The molecule has 5 nitrogen and oxygen atoms in total. The molecule has 0 saturated carbocycles. The van der Waals surface area contributed by atoms with Crippen molar-refractivity contribution in [2.45, 2.75) is 13.0 Å². The number of fused-ring (bicyclic) bond motifs is 1. The number of halogens is 1. The number of hydrogen-bond acceptors (Lipinski definition) is 4. The van der Waals surface area contributed by atoms with Gasteiger partial charge in [-0.15, -0.1) is 0 Å². The molecule has 1 unspecified atom stereocenters. The zero-order valence-corrected chi connectivity index (χ0v) is 11.4. The standard InChI is InChI=1S/C15H14FN3O2/c1-9(18-11-3-5-14(16)17-7-11)10-2-4-13-12(6-10)19-15(20)8-21-13/h2-7,9,18H,8H2,1H3,(H,19,20). The van der Waals surface area contributed by atoms with Gasteiger partial charge in [-0.3, -0.25) is 4.79 Å². The predicted molar refractivity (Wildman–Crippen MR) is 76.8 cm³/mol. The molecule has 6 heteroatoms. The SMILES string of the molecule is CC(Nc1ccc(F)nc1)c1ccc2c(c1)NC(=O)CO2. The van der Waals surface area contributed by atoms with Crippen molar-refractivity contribution in [2.24, 2.45) is 0 Å². The molecular weight excluding hydrogens is 273 g/mol. The number of rotatable bonds is 3. The van der Waals surface area contributed by atoms with E-state index in [2.05, 4.69) is 15.6 Å². The highest BCUT2D eigenvalue weighted by atomic mass is 19.1. The summed E-state index contributed by atoms with van der Waals surface area (Å²) in [6, 6.07) is 8.51. The number of nitrogens with one attached hydrogen (secondary N) is 2.